The highest BCUT2D eigenvalue weighted by Crippen LogP contribution is 2.31. The van der Waals surface area contributed by atoms with Crippen LogP contribution in [0.4, 0.5) is 0 Å². The van der Waals surface area contributed by atoms with Gasteiger partial charge in [0.25, 0.3) is 0 Å². The molecule has 2 aliphatic rings. The van der Waals surface area contributed by atoms with E-state index in [1.54, 1.807) is 0 Å². The number of carbonyl (C=O) groups is 2. The predicted molar refractivity (Wildman–Crippen MR) is 136 cm³/mol. The van der Waals surface area contributed by atoms with Gasteiger partial charge in [-0.15, -0.1) is 0 Å². The molecule has 1 heterocycles. The first-order chi connectivity index (χ1) is 16.3. The van der Waals surface area contributed by atoms with E-state index in [0.717, 1.165) is 42.5 Å². The molecule has 4 rings (SSSR count). The van der Waals surface area contributed by atoms with Gasteiger partial charge in [-0.05, 0) is 44.7 Å². The molecule has 2 fully saturated rings. The molecule has 1 aromatic carbocycles. The Morgan fingerprint density at radius 1 is 1.00 bits per heavy atom. The smallest absolute Gasteiger partial charge is 0.243 e. The van der Waals surface area contributed by atoms with Crippen molar-refractivity contribution in [3.05, 3.63) is 30.1 Å². The van der Waals surface area contributed by atoms with Crippen molar-refractivity contribution in [3.63, 3.8) is 0 Å². The molecule has 34 heavy (non-hydrogen) atoms. The van der Waals surface area contributed by atoms with Crippen LogP contribution in [0.2, 0.25) is 0 Å². The zero-order valence-corrected chi connectivity index (χ0v) is 21.5. The molecule has 2 aromatic rings. The average molecular weight is 467 g/mol. The Labute approximate surface area is 204 Å². The van der Waals surface area contributed by atoms with E-state index in [0.29, 0.717) is 12.1 Å². The minimum atomic E-state index is -0.486. The van der Waals surface area contributed by atoms with Gasteiger partial charge in [0.05, 0.1) is 17.1 Å². The van der Waals surface area contributed by atoms with Gasteiger partial charge in [0, 0.05) is 17.5 Å². The highest BCUT2D eigenvalue weighted by Gasteiger charge is 2.33. The molecule has 2 amide bonds. The molecular weight excluding hydrogens is 424 g/mol. The lowest BCUT2D eigenvalue weighted by Gasteiger charge is -2.42. The van der Waals surface area contributed by atoms with Crippen LogP contribution in [-0.2, 0) is 16.1 Å². The summed E-state index contributed by atoms with van der Waals surface area (Å²) in [6.07, 6.45) is 11.9. The lowest BCUT2D eigenvalue weighted by atomic mass is 9.88. The van der Waals surface area contributed by atoms with Crippen LogP contribution in [0.15, 0.2) is 24.3 Å². The normalized spacial score (nSPS) is 19.2. The van der Waals surface area contributed by atoms with Crippen LogP contribution in [0.1, 0.15) is 104 Å². The van der Waals surface area contributed by atoms with Gasteiger partial charge in [0.1, 0.15) is 12.4 Å². The summed E-state index contributed by atoms with van der Waals surface area (Å²) in [5, 5.41) is 3.12. The summed E-state index contributed by atoms with van der Waals surface area (Å²) in [6, 6.07) is 8.42. The fourth-order valence-electron chi connectivity index (χ4n) is 5.71. The first-order valence-electron chi connectivity index (χ1n) is 13.3. The molecular formula is C28H42N4O2. The van der Waals surface area contributed by atoms with Crippen LogP contribution < -0.4 is 5.32 Å². The largest absolute Gasteiger partial charge is 0.346 e. The van der Waals surface area contributed by atoms with Crippen molar-refractivity contribution in [2.24, 2.45) is 5.41 Å². The molecule has 1 aromatic heterocycles. The molecule has 2 saturated carbocycles. The van der Waals surface area contributed by atoms with Gasteiger partial charge in [0.2, 0.25) is 11.8 Å². The summed E-state index contributed by atoms with van der Waals surface area (Å²) in [5.41, 5.74) is 1.33. The molecule has 0 aliphatic heterocycles. The van der Waals surface area contributed by atoms with Crippen molar-refractivity contribution >= 4 is 22.8 Å². The summed E-state index contributed by atoms with van der Waals surface area (Å²) in [5.74, 6) is 0.938. The second-order valence-electron chi connectivity index (χ2n) is 11.4. The Morgan fingerprint density at radius 2 is 1.56 bits per heavy atom. The topological polar surface area (TPSA) is 67.2 Å². The van der Waals surface area contributed by atoms with Crippen molar-refractivity contribution in [3.8, 4) is 0 Å². The molecule has 1 atom stereocenters. The van der Waals surface area contributed by atoms with E-state index in [4.69, 9.17) is 4.98 Å². The van der Waals surface area contributed by atoms with Gasteiger partial charge in [0.15, 0.2) is 0 Å². The number of imidazole rings is 1. The van der Waals surface area contributed by atoms with Crippen molar-refractivity contribution in [2.45, 2.75) is 117 Å². The Hall–Kier alpha value is -2.37. The number of amides is 2. The minimum Gasteiger partial charge on any atom is -0.346 e. The first-order valence-corrected chi connectivity index (χ1v) is 13.3. The molecule has 1 N–H and O–H groups in total. The molecule has 2 aliphatic carbocycles. The quantitative estimate of drug-likeness (QED) is 0.589. The number of para-hydroxylation sites is 2. The Morgan fingerprint density at radius 3 is 2.12 bits per heavy atom. The third-order valence-corrected chi connectivity index (χ3v) is 7.62. The molecule has 0 radical (unpaired) electrons. The monoisotopic (exact) mass is 466 g/mol. The molecule has 186 valence electrons. The maximum atomic E-state index is 14.0. The van der Waals surface area contributed by atoms with Gasteiger partial charge < -0.3 is 14.8 Å². The van der Waals surface area contributed by atoms with Gasteiger partial charge >= 0.3 is 0 Å². The van der Waals surface area contributed by atoms with Crippen LogP contribution in [0.5, 0.6) is 0 Å². The number of rotatable bonds is 6. The molecule has 6 nitrogen and oxygen atoms in total. The molecule has 0 saturated heterocycles. The van der Waals surface area contributed by atoms with Crippen molar-refractivity contribution in [2.75, 3.05) is 0 Å². The number of fused-ring (bicyclic) bond motifs is 1. The summed E-state index contributed by atoms with van der Waals surface area (Å²) in [6.45, 7) is 7.97. The SMILES string of the molecule is CC(NC(=O)C(C)(C)C)c1nc2ccccc2n1CC(=O)N(C1CCCCC1)C1CCCCC1. The number of nitrogens with one attached hydrogen (secondary N) is 1. The lowest BCUT2D eigenvalue weighted by molar-refractivity contribution is -0.138. The number of nitrogens with zero attached hydrogens (tertiary/aromatic N) is 3. The van der Waals surface area contributed by atoms with E-state index in [2.05, 4.69) is 10.2 Å². The Kier molecular flexibility index (Phi) is 7.63. The van der Waals surface area contributed by atoms with Crippen LogP contribution in [-0.4, -0.2) is 38.3 Å². The Balaban J connectivity index is 1.64. The zero-order chi connectivity index (χ0) is 24.3. The van der Waals surface area contributed by atoms with E-state index in [9.17, 15) is 9.59 Å². The highest BCUT2D eigenvalue weighted by atomic mass is 16.2. The highest BCUT2D eigenvalue weighted by molar-refractivity contribution is 5.83. The van der Waals surface area contributed by atoms with Crippen LogP contribution in [0, 0.1) is 5.41 Å². The number of hydrogen-bond donors (Lipinski definition) is 1. The van der Waals surface area contributed by atoms with Gasteiger partial charge in [-0.3, -0.25) is 9.59 Å². The zero-order valence-electron chi connectivity index (χ0n) is 21.5. The van der Waals surface area contributed by atoms with Crippen LogP contribution >= 0.6 is 0 Å². The molecule has 0 bridgehead atoms. The van der Waals surface area contributed by atoms with E-state index in [-0.39, 0.29) is 24.4 Å². The second-order valence-corrected chi connectivity index (χ2v) is 11.4. The maximum absolute atomic E-state index is 14.0. The second kappa shape index (κ2) is 10.5. The fraction of sp³-hybridized carbons (Fsp3) is 0.679. The predicted octanol–water partition coefficient (Wildman–Crippen LogP) is 5.75. The van der Waals surface area contributed by atoms with Crippen molar-refractivity contribution in [1.29, 1.82) is 0 Å². The standard InChI is InChI=1S/C28H42N4O2/c1-20(29-27(34)28(2,3)4)26-30-23-17-11-12-18-24(23)31(26)19-25(33)32(21-13-7-5-8-14-21)22-15-9-6-10-16-22/h11-12,17-18,20-22H,5-10,13-16,19H2,1-4H3,(H,29,34). The number of aromatic nitrogens is 2. The lowest BCUT2D eigenvalue weighted by Crippen LogP contribution is -2.50. The summed E-state index contributed by atoms with van der Waals surface area (Å²) in [4.78, 5) is 33.8. The van der Waals surface area contributed by atoms with E-state index >= 15 is 0 Å². The van der Waals surface area contributed by atoms with Crippen LogP contribution in [0.3, 0.4) is 0 Å². The summed E-state index contributed by atoms with van der Waals surface area (Å²) < 4.78 is 2.05. The van der Waals surface area contributed by atoms with E-state index in [1.165, 1.54) is 38.5 Å². The minimum absolute atomic E-state index is 0.0176. The van der Waals surface area contributed by atoms with Crippen LogP contribution in [0.25, 0.3) is 11.0 Å². The van der Waals surface area contributed by atoms with Crippen molar-refractivity contribution in [1.82, 2.24) is 19.8 Å². The molecule has 6 heteroatoms. The summed E-state index contributed by atoms with van der Waals surface area (Å²) in [7, 11) is 0. The fourth-order valence-corrected chi connectivity index (χ4v) is 5.71. The number of hydrogen-bond acceptors (Lipinski definition) is 3. The number of carbonyl (C=O) groups excluding carboxylic acids is 2. The van der Waals surface area contributed by atoms with Gasteiger partial charge in [-0.1, -0.05) is 71.4 Å². The Bertz CT molecular complexity index is 975. The third kappa shape index (κ3) is 5.47. The van der Waals surface area contributed by atoms with E-state index < -0.39 is 5.41 Å². The molecule has 0 spiro atoms. The maximum Gasteiger partial charge on any atom is 0.243 e. The third-order valence-electron chi connectivity index (χ3n) is 7.62. The van der Waals surface area contributed by atoms with Crippen molar-refractivity contribution < 1.29 is 9.59 Å². The average Bonchev–Trinajstić information content (AvgIpc) is 3.18. The summed E-state index contributed by atoms with van der Waals surface area (Å²) >= 11 is 0. The van der Waals surface area contributed by atoms with Gasteiger partial charge in [-0.25, -0.2) is 4.98 Å². The number of benzene rings is 1. The van der Waals surface area contributed by atoms with Gasteiger partial charge in [-0.2, -0.15) is 0 Å². The molecule has 1 unspecified atom stereocenters. The first kappa shape index (κ1) is 24.7. The van der Waals surface area contributed by atoms with E-state index in [1.807, 2.05) is 56.5 Å².